The highest BCUT2D eigenvalue weighted by Crippen LogP contribution is 2.24. The van der Waals surface area contributed by atoms with Gasteiger partial charge in [-0.1, -0.05) is 24.3 Å². The molecule has 2 amide bonds. The molecule has 9 heteroatoms. The van der Waals surface area contributed by atoms with Crippen molar-refractivity contribution in [3.05, 3.63) is 94.8 Å². The number of nitrogens with one attached hydrogen (secondary N) is 2. The minimum atomic E-state index is -1.37. The normalized spacial score (nSPS) is 10.4. The number of hydrogen-bond donors (Lipinski definition) is 3. The lowest BCUT2D eigenvalue weighted by Crippen LogP contribution is -2.20. The number of benzene rings is 3. The van der Waals surface area contributed by atoms with Crippen LogP contribution in [0, 0.1) is 17.5 Å². The van der Waals surface area contributed by atoms with Gasteiger partial charge in [0.25, 0.3) is 11.8 Å². The van der Waals surface area contributed by atoms with Crippen molar-refractivity contribution in [2.75, 3.05) is 10.6 Å². The first-order chi connectivity index (χ1) is 14.3. The number of para-hydroxylation sites is 1. The van der Waals surface area contributed by atoms with E-state index >= 15 is 0 Å². The Labute approximate surface area is 168 Å². The number of hydrogen-bond acceptors (Lipinski definition) is 3. The van der Waals surface area contributed by atoms with Crippen LogP contribution in [-0.2, 0) is 0 Å². The molecule has 0 saturated heterocycles. The number of amides is 2. The van der Waals surface area contributed by atoms with E-state index in [4.69, 9.17) is 0 Å². The van der Waals surface area contributed by atoms with E-state index in [2.05, 4.69) is 10.6 Å². The number of carboxylic acids is 1. The van der Waals surface area contributed by atoms with Crippen LogP contribution < -0.4 is 10.6 Å². The Morgan fingerprint density at radius 2 is 1.17 bits per heavy atom. The van der Waals surface area contributed by atoms with Crippen LogP contribution in [-0.4, -0.2) is 22.9 Å². The zero-order valence-electron chi connectivity index (χ0n) is 15.1. The largest absolute Gasteiger partial charge is 0.478 e. The van der Waals surface area contributed by atoms with Gasteiger partial charge in [-0.3, -0.25) is 9.59 Å². The Morgan fingerprint density at radius 3 is 1.83 bits per heavy atom. The van der Waals surface area contributed by atoms with E-state index in [0.29, 0.717) is 12.1 Å². The molecule has 0 spiro atoms. The SMILES string of the molecule is O=C(Nc1cc(F)c(F)cc1C(=O)Nc1ccccc1C(=O)O)c1ccccc1F. The molecular formula is C21H13F3N2O4. The molecule has 0 atom stereocenters. The van der Waals surface area contributed by atoms with E-state index in [0.717, 1.165) is 6.07 Å². The summed E-state index contributed by atoms with van der Waals surface area (Å²) in [7, 11) is 0. The summed E-state index contributed by atoms with van der Waals surface area (Å²) in [6.07, 6.45) is 0. The van der Waals surface area contributed by atoms with Gasteiger partial charge in [-0.05, 0) is 30.3 Å². The van der Waals surface area contributed by atoms with E-state index in [1.54, 1.807) is 0 Å². The summed E-state index contributed by atoms with van der Waals surface area (Å²) >= 11 is 0. The third-order valence-electron chi connectivity index (χ3n) is 4.08. The third-order valence-corrected chi connectivity index (χ3v) is 4.08. The molecule has 0 aliphatic heterocycles. The predicted molar refractivity (Wildman–Crippen MR) is 102 cm³/mol. The Hall–Kier alpha value is -4.14. The molecule has 0 fully saturated rings. The number of aromatic carboxylic acids is 1. The van der Waals surface area contributed by atoms with Gasteiger partial charge < -0.3 is 15.7 Å². The quantitative estimate of drug-likeness (QED) is 0.580. The Kier molecular flexibility index (Phi) is 5.82. The monoisotopic (exact) mass is 414 g/mol. The highest BCUT2D eigenvalue weighted by atomic mass is 19.2. The number of anilines is 2. The summed E-state index contributed by atoms with van der Waals surface area (Å²) in [6.45, 7) is 0. The van der Waals surface area contributed by atoms with Crippen LogP contribution in [0.1, 0.15) is 31.1 Å². The van der Waals surface area contributed by atoms with Gasteiger partial charge in [-0.25, -0.2) is 18.0 Å². The van der Waals surface area contributed by atoms with Gasteiger partial charge in [0.05, 0.1) is 28.1 Å². The van der Waals surface area contributed by atoms with Gasteiger partial charge >= 0.3 is 5.97 Å². The van der Waals surface area contributed by atoms with Crippen molar-refractivity contribution in [3.63, 3.8) is 0 Å². The van der Waals surface area contributed by atoms with Gasteiger partial charge in [-0.15, -0.1) is 0 Å². The minimum Gasteiger partial charge on any atom is -0.478 e. The average molecular weight is 414 g/mol. The van der Waals surface area contributed by atoms with Crippen LogP contribution in [0.2, 0.25) is 0 Å². The van der Waals surface area contributed by atoms with E-state index in [9.17, 15) is 32.7 Å². The van der Waals surface area contributed by atoms with E-state index < -0.39 is 46.5 Å². The summed E-state index contributed by atoms with van der Waals surface area (Å²) in [5.74, 6) is -6.87. The standard InChI is InChI=1S/C21H13F3N2O4/c22-14-7-3-1-5-11(14)19(27)26-18-10-16(24)15(23)9-13(18)20(28)25-17-8-4-2-6-12(17)21(29)30/h1-10H,(H,25,28)(H,26,27)(H,29,30). The van der Waals surface area contributed by atoms with Gasteiger partial charge in [0.2, 0.25) is 0 Å². The van der Waals surface area contributed by atoms with Crippen LogP contribution in [0.5, 0.6) is 0 Å². The molecule has 0 bridgehead atoms. The molecule has 3 aromatic carbocycles. The molecule has 0 radical (unpaired) electrons. The smallest absolute Gasteiger partial charge is 0.337 e. The average Bonchev–Trinajstić information content (AvgIpc) is 2.71. The summed E-state index contributed by atoms with van der Waals surface area (Å²) < 4.78 is 41.3. The first kappa shape index (κ1) is 20.6. The Bertz CT molecular complexity index is 1160. The zero-order chi connectivity index (χ0) is 21.8. The molecular weight excluding hydrogens is 401 g/mol. The van der Waals surface area contributed by atoms with E-state index in [-0.39, 0.29) is 16.8 Å². The number of carbonyl (C=O) groups is 3. The number of carbonyl (C=O) groups excluding carboxylic acids is 2. The van der Waals surface area contributed by atoms with Crippen molar-refractivity contribution in [2.45, 2.75) is 0 Å². The molecule has 0 saturated carbocycles. The second-order valence-electron chi connectivity index (χ2n) is 6.05. The van der Waals surface area contributed by atoms with E-state index in [1.165, 1.54) is 42.5 Å². The van der Waals surface area contributed by atoms with Crippen molar-refractivity contribution in [1.29, 1.82) is 0 Å². The molecule has 152 valence electrons. The molecule has 3 N–H and O–H groups in total. The lowest BCUT2D eigenvalue weighted by Gasteiger charge is -2.13. The molecule has 0 aromatic heterocycles. The van der Waals surface area contributed by atoms with Crippen molar-refractivity contribution in [3.8, 4) is 0 Å². The van der Waals surface area contributed by atoms with Crippen molar-refractivity contribution in [1.82, 2.24) is 0 Å². The van der Waals surface area contributed by atoms with Crippen LogP contribution in [0.25, 0.3) is 0 Å². The van der Waals surface area contributed by atoms with Crippen molar-refractivity contribution < 1.29 is 32.7 Å². The van der Waals surface area contributed by atoms with Crippen LogP contribution in [0.3, 0.4) is 0 Å². The Morgan fingerprint density at radius 1 is 0.633 bits per heavy atom. The molecule has 30 heavy (non-hydrogen) atoms. The fraction of sp³-hybridized carbons (Fsp3) is 0. The number of rotatable bonds is 5. The maximum Gasteiger partial charge on any atom is 0.337 e. The lowest BCUT2D eigenvalue weighted by molar-refractivity contribution is 0.0697. The molecule has 3 rings (SSSR count). The molecule has 0 heterocycles. The summed E-state index contributed by atoms with van der Waals surface area (Å²) in [6, 6.07) is 11.6. The highest BCUT2D eigenvalue weighted by molar-refractivity contribution is 6.13. The molecule has 0 unspecified atom stereocenters. The Balaban J connectivity index is 1.96. The second-order valence-corrected chi connectivity index (χ2v) is 6.05. The zero-order valence-corrected chi connectivity index (χ0v) is 15.1. The minimum absolute atomic E-state index is 0.0916. The van der Waals surface area contributed by atoms with Crippen molar-refractivity contribution >= 4 is 29.2 Å². The molecule has 0 aliphatic carbocycles. The first-order valence-corrected chi connectivity index (χ1v) is 8.46. The fourth-order valence-electron chi connectivity index (χ4n) is 2.64. The van der Waals surface area contributed by atoms with Crippen LogP contribution in [0.4, 0.5) is 24.5 Å². The third kappa shape index (κ3) is 4.30. The predicted octanol–water partition coefficient (Wildman–Crippen LogP) is 4.31. The van der Waals surface area contributed by atoms with Gasteiger partial charge in [-0.2, -0.15) is 0 Å². The fourth-order valence-corrected chi connectivity index (χ4v) is 2.64. The second kappa shape index (κ2) is 8.48. The first-order valence-electron chi connectivity index (χ1n) is 8.46. The topological polar surface area (TPSA) is 95.5 Å². The summed E-state index contributed by atoms with van der Waals surface area (Å²) in [5, 5.41) is 13.7. The lowest BCUT2D eigenvalue weighted by atomic mass is 10.1. The highest BCUT2D eigenvalue weighted by Gasteiger charge is 2.21. The molecule has 3 aromatic rings. The number of halogens is 3. The van der Waals surface area contributed by atoms with Crippen molar-refractivity contribution in [2.24, 2.45) is 0 Å². The molecule has 6 nitrogen and oxygen atoms in total. The van der Waals surface area contributed by atoms with Gasteiger partial charge in [0.1, 0.15) is 5.82 Å². The molecule has 0 aliphatic rings. The van der Waals surface area contributed by atoms with E-state index in [1.807, 2.05) is 0 Å². The van der Waals surface area contributed by atoms with Crippen LogP contribution >= 0.6 is 0 Å². The maximum atomic E-state index is 13.8. The number of carboxylic acid groups (broad SMARTS) is 1. The summed E-state index contributed by atoms with van der Waals surface area (Å²) in [4.78, 5) is 36.3. The maximum absolute atomic E-state index is 13.8. The van der Waals surface area contributed by atoms with Crippen LogP contribution in [0.15, 0.2) is 60.7 Å². The summed E-state index contributed by atoms with van der Waals surface area (Å²) in [5.41, 5.74) is -1.60. The van der Waals surface area contributed by atoms with Gasteiger partial charge in [0, 0.05) is 6.07 Å². The van der Waals surface area contributed by atoms with Gasteiger partial charge in [0.15, 0.2) is 11.6 Å².